The summed E-state index contributed by atoms with van der Waals surface area (Å²) < 4.78 is 39.9. The van der Waals surface area contributed by atoms with Gasteiger partial charge in [0.2, 0.25) is 0 Å². The Morgan fingerprint density at radius 3 is 2.47 bits per heavy atom. The Morgan fingerprint density at radius 1 is 1.29 bits per heavy atom. The smallest absolute Gasteiger partial charge is 0.386 e. The second-order valence-corrected chi connectivity index (χ2v) is 4.01. The van der Waals surface area contributed by atoms with E-state index >= 15 is 0 Å². The topological polar surface area (TPSA) is 29.5 Å². The standard InChI is InChI=1S/C12H15F3O2/c1-8-3-4-10(9(2)5-8)11(16)6-17-7-12(13,14)15/h3-5,11,16H,6-7H2,1-2H3. The molecule has 0 spiro atoms. The summed E-state index contributed by atoms with van der Waals surface area (Å²) in [6.07, 6.45) is -5.39. The van der Waals surface area contributed by atoms with Gasteiger partial charge in [-0.2, -0.15) is 13.2 Å². The lowest BCUT2D eigenvalue weighted by molar-refractivity contribution is -0.179. The molecule has 0 heterocycles. The van der Waals surface area contributed by atoms with Gasteiger partial charge in [-0.15, -0.1) is 0 Å². The van der Waals surface area contributed by atoms with Crippen LogP contribution >= 0.6 is 0 Å². The van der Waals surface area contributed by atoms with Crippen molar-refractivity contribution in [1.29, 1.82) is 0 Å². The van der Waals surface area contributed by atoms with Crippen molar-refractivity contribution in [2.24, 2.45) is 0 Å². The van der Waals surface area contributed by atoms with Crippen molar-refractivity contribution in [2.45, 2.75) is 26.1 Å². The fourth-order valence-corrected chi connectivity index (χ4v) is 1.58. The molecule has 0 aromatic heterocycles. The van der Waals surface area contributed by atoms with Gasteiger partial charge >= 0.3 is 6.18 Å². The van der Waals surface area contributed by atoms with Crippen LogP contribution in [0.15, 0.2) is 18.2 Å². The number of alkyl halides is 3. The summed E-state index contributed by atoms with van der Waals surface area (Å²) in [7, 11) is 0. The Hall–Kier alpha value is -1.07. The maximum absolute atomic E-state index is 11.8. The van der Waals surface area contributed by atoms with Gasteiger partial charge in [0, 0.05) is 0 Å². The maximum atomic E-state index is 11.8. The lowest BCUT2D eigenvalue weighted by atomic mass is 10.0. The monoisotopic (exact) mass is 248 g/mol. The fraction of sp³-hybridized carbons (Fsp3) is 0.500. The molecule has 1 atom stereocenters. The van der Waals surface area contributed by atoms with E-state index in [1.165, 1.54) is 0 Å². The van der Waals surface area contributed by atoms with Gasteiger partial charge in [-0.3, -0.25) is 0 Å². The molecule has 5 heteroatoms. The molecule has 0 aliphatic heterocycles. The number of aryl methyl sites for hydroxylation is 2. The first-order chi connectivity index (χ1) is 7.79. The molecule has 0 aliphatic carbocycles. The van der Waals surface area contributed by atoms with E-state index in [-0.39, 0.29) is 6.61 Å². The van der Waals surface area contributed by atoms with E-state index in [1.807, 2.05) is 13.0 Å². The summed E-state index contributed by atoms with van der Waals surface area (Å²) >= 11 is 0. The highest BCUT2D eigenvalue weighted by Gasteiger charge is 2.28. The first-order valence-corrected chi connectivity index (χ1v) is 5.19. The third kappa shape index (κ3) is 4.75. The van der Waals surface area contributed by atoms with Crippen LogP contribution in [0.3, 0.4) is 0 Å². The van der Waals surface area contributed by atoms with Crippen LogP contribution in [0, 0.1) is 13.8 Å². The molecule has 1 rings (SSSR count). The van der Waals surface area contributed by atoms with Crippen molar-refractivity contribution in [3.05, 3.63) is 34.9 Å². The third-order valence-electron chi connectivity index (χ3n) is 2.33. The minimum Gasteiger partial charge on any atom is -0.386 e. The van der Waals surface area contributed by atoms with E-state index in [4.69, 9.17) is 0 Å². The zero-order valence-electron chi connectivity index (χ0n) is 9.71. The Bertz CT molecular complexity index is 375. The molecule has 0 radical (unpaired) electrons. The fourth-order valence-electron chi connectivity index (χ4n) is 1.58. The van der Waals surface area contributed by atoms with Gasteiger partial charge in [0.05, 0.1) is 6.61 Å². The predicted octanol–water partition coefficient (Wildman–Crippen LogP) is 2.92. The second kappa shape index (κ2) is 5.51. The SMILES string of the molecule is Cc1ccc(C(O)COCC(F)(F)F)c(C)c1. The maximum Gasteiger partial charge on any atom is 0.411 e. The van der Waals surface area contributed by atoms with E-state index in [1.54, 1.807) is 19.1 Å². The average molecular weight is 248 g/mol. The highest BCUT2D eigenvalue weighted by atomic mass is 19.4. The lowest BCUT2D eigenvalue weighted by Crippen LogP contribution is -2.20. The van der Waals surface area contributed by atoms with Crippen LogP contribution < -0.4 is 0 Å². The van der Waals surface area contributed by atoms with Gasteiger partial charge < -0.3 is 9.84 Å². The van der Waals surface area contributed by atoms with Crippen LogP contribution in [0.5, 0.6) is 0 Å². The van der Waals surface area contributed by atoms with E-state index in [0.717, 1.165) is 11.1 Å². The predicted molar refractivity (Wildman–Crippen MR) is 57.7 cm³/mol. The summed E-state index contributed by atoms with van der Waals surface area (Å²) in [4.78, 5) is 0. The van der Waals surface area contributed by atoms with Gasteiger partial charge in [0.15, 0.2) is 0 Å². The molecule has 0 fully saturated rings. The molecule has 96 valence electrons. The summed E-state index contributed by atoms with van der Waals surface area (Å²) in [5, 5.41) is 9.70. The van der Waals surface area contributed by atoms with Crippen molar-refractivity contribution in [2.75, 3.05) is 13.2 Å². The molecular formula is C12H15F3O2. The molecule has 1 aromatic carbocycles. The van der Waals surface area contributed by atoms with Crippen LogP contribution in [0.2, 0.25) is 0 Å². The molecule has 0 bridgehead atoms. The molecule has 0 saturated carbocycles. The number of aliphatic hydroxyl groups is 1. The van der Waals surface area contributed by atoms with Crippen LogP contribution in [0.25, 0.3) is 0 Å². The third-order valence-corrected chi connectivity index (χ3v) is 2.33. The first kappa shape index (κ1) is 14.0. The van der Waals surface area contributed by atoms with Gasteiger partial charge in [-0.05, 0) is 25.0 Å². The highest BCUT2D eigenvalue weighted by Crippen LogP contribution is 2.20. The summed E-state index contributed by atoms with van der Waals surface area (Å²) in [6.45, 7) is 2.01. The number of ether oxygens (including phenoxy) is 1. The first-order valence-electron chi connectivity index (χ1n) is 5.19. The molecule has 1 aromatic rings. The number of hydrogen-bond acceptors (Lipinski definition) is 2. The average Bonchev–Trinajstić information content (AvgIpc) is 2.15. The van der Waals surface area contributed by atoms with Crippen molar-refractivity contribution < 1.29 is 23.0 Å². The summed E-state index contributed by atoms with van der Waals surface area (Å²) in [6, 6.07) is 5.36. The highest BCUT2D eigenvalue weighted by molar-refractivity contribution is 5.31. The van der Waals surface area contributed by atoms with Gasteiger partial charge in [0.25, 0.3) is 0 Å². The van der Waals surface area contributed by atoms with Crippen molar-refractivity contribution in [1.82, 2.24) is 0 Å². The van der Waals surface area contributed by atoms with E-state index in [2.05, 4.69) is 4.74 Å². The molecule has 1 N–H and O–H groups in total. The molecule has 2 nitrogen and oxygen atoms in total. The Kier molecular flexibility index (Phi) is 4.54. The number of halogens is 3. The van der Waals surface area contributed by atoms with Crippen molar-refractivity contribution in [3.63, 3.8) is 0 Å². The largest absolute Gasteiger partial charge is 0.411 e. The number of hydrogen-bond donors (Lipinski definition) is 1. The van der Waals surface area contributed by atoms with Gasteiger partial charge in [0.1, 0.15) is 12.7 Å². The molecule has 1 unspecified atom stereocenters. The minimum atomic E-state index is -4.36. The lowest BCUT2D eigenvalue weighted by Gasteiger charge is -2.15. The van der Waals surface area contributed by atoms with Crippen LogP contribution in [-0.4, -0.2) is 24.5 Å². The number of rotatable bonds is 4. The van der Waals surface area contributed by atoms with E-state index < -0.39 is 18.9 Å². The molecule has 17 heavy (non-hydrogen) atoms. The minimum absolute atomic E-state index is 0.358. The van der Waals surface area contributed by atoms with Crippen molar-refractivity contribution >= 4 is 0 Å². The van der Waals surface area contributed by atoms with Crippen molar-refractivity contribution in [3.8, 4) is 0 Å². The molecule has 0 saturated heterocycles. The van der Waals surface area contributed by atoms with E-state index in [0.29, 0.717) is 5.56 Å². The molecular weight excluding hydrogens is 233 g/mol. The van der Waals surface area contributed by atoms with Crippen LogP contribution in [0.4, 0.5) is 13.2 Å². The van der Waals surface area contributed by atoms with Crippen LogP contribution in [0.1, 0.15) is 22.8 Å². The zero-order chi connectivity index (χ0) is 13.1. The Balaban J connectivity index is 2.55. The van der Waals surface area contributed by atoms with Gasteiger partial charge in [-0.1, -0.05) is 23.8 Å². The Morgan fingerprint density at radius 2 is 1.94 bits per heavy atom. The van der Waals surface area contributed by atoms with E-state index in [9.17, 15) is 18.3 Å². The van der Waals surface area contributed by atoms with Crippen LogP contribution in [-0.2, 0) is 4.74 Å². The number of aliphatic hydroxyl groups excluding tert-OH is 1. The van der Waals surface area contributed by atoms with Gasteiger partial charge in [-0.25, -0.2) is 0 Å². The Labute approximate surface area is 98.0 Å². The summed E-state index contributed by atoms with van der Waals surface area (Å²) in [5.74, 6) is 0. The molecule has 0 aliphatic rings. The summed E-state index contributed by atoms with van der Waals surface area (Å²) in [5.41, 5.74) is 2.47. The quantitative estimate of drug-likeness (QED) is 0.887. The normalized spacial score (nSPS) is 13.8. The second-order valence-electron chi connectivity index (χ2n) is 4.01. The zero-order valence-corrected chi connectivity index (χ0v) is 9.71. The molecule has 0 amide bonds. The number of benzene rings is 1.